The first-order chi connectivity index (χ1) is 7.29. The third-order valence-electron chi connectivity index (χ3n) is 2.73. The van der Waals surface area contributed by atoms with Crippen LogP contribution in [0.5, 0.6) is 0 Å². The molecule has 1 N–H and O–H groups in total. The van der Waals surface area contributed by atoms with Crippen LogP contribution in [-0.4, -0.2) is 22.1 Å². The maximum Gasteiger partial charge on any atom is 0.108 e. The van der Waals surface area contributed by atoms with E-state index < -0.39 is 0 Å². The molecule has 0 amide bonds. The predicted octanol–water partition coefficient (Wildman–Crippen LogP) is 1.75. The van der Waals surface area contributed by atoms with E-state index in [-0.39, 0.29) is 0 Å². The number of aromatic nitrogens is 2. The molecule has 1 fully saturated rings. The van der Waals surface area contributed by atoms with Crippen LogP contribution in [0, 0.1) is 0 Å². The van der Waals surface area contributed by atoms with Crippen LogP contribution < -0.4 is 5.32 Å². The first-order valence-electron chi connectivity index (χ1n) is 5.69. The fraction of sp³-hybridized carbons (Fsp3) is 0.583. The summed E-state index contributed by atoms with van der Waals surface area (Å²) in [6, 6.07) is 0.759. The van der Waals surface area contributed by atoms with E-state index in [9.17, 15) is 0 Å². The molecule has 1 heterocycles. The summed E-state index contributed by atoms with van der Waals surface area (Å²) in [6.45, 7) is 8.05. The zero-order chi connectivity index (χ0) is 10.7. The number of nitrogens with one attached hydrogen (secondary N) is 1. The lowest BCUT2D eigenvalue weighted by Crippen LogP contribution is -2.21. The van der Waals surface area contributed by atoms with E-state index in [2.05, 4.69) is 28.4 Å². The maximum atomic E-state index is 4.30. The quantitative estimate of drug-likeness (QED) is 0.717. The van der Waals surface area contributed by atoms with Gasteiger partial charge >= 0.3 is 0 Å². The highest BCUT2D eigenvalue weighted by Gasteiger charge is 2.20. The summed E-state index contributed by atoms with van der Waals surface area (Å²) in [6.07, 6.45) is 7.54. The Morgan fingerprint density at radius 1 is 1.67 bits per heavy atom. The van der Waals surface area contributed by atoms with E-state index in [0.717, 1.165) is 31.4 Å². The van der Waals surface area contributed by atoms with Crippen LogP contribution in [-0.2, 0) is 13.0 Å². The maximum absolute atomic E-state index is 4.30. The van der Waals surface area contributed by atoms with Crippen molar-refractivity contribution in [3.8, 4) is 0 Å². The largest absolute Gasteiger partial charge is 0.331 e. The molecule has 0 bridgehead atoms. The van der Waals surface area contributed by atoms with Crippen molar-refractivity contribution in [3.63, 3.8) is 0 Å². The molecule has 1 aliphatic rings. The van der Waals surface area contributed by atoms with E-state index in [4.69, 9.17) is 0 Å². The smallest absolute Gasteiger partial charge is 0.108 e. The van der Waals surface area contributed by atoms with Crippen molar-refractivity contribution in [3.05, 3.63) is 30.4 Å². The Bertz CT molecular complexity index is 336. The third-order valence-corrected chi connectivity index (χ3v) is 2.73. The van der Waals surface area contributed by atoms with Gasteiger partial charge in [-0.3, -0.25) is 0 Å². The van der Waals surface area contributed by atoms with Gasteiger partial charge in [-0.1, -0.05) is 13.5 Å². The van der Waals surface area contributed by atoms with E-state index in [1.807, 2.05) is 12.4 Å². The van der Waals surface area contributed by atoms with Crippen LogP contribution >= 0.6 is 0 Å². The summed E-state index contributed by atoms with van der Waals surface area (Å²) in [7, 11) is 0. The van der Waals surface area contributed by atoms with Crippen LogP contribution in [0.2, 0.25) is 0 Å². The number of nitrogens with zero attached hydrogens (tertiary/aromatic N) is 2. The summed E-state index contributed by atoms with van der Waals surface area (Å²) in [5.41, 5.74) is 1.23. The lowest BCUT2D eigenvalue weighted by molar-refractivity contribution is 0.663. The third kappa shape index (κ3) is 2.93. The van der Waals surface area contributed by atoms with E-state index in [1.54, 1.807) is 0 Å². The normalized spacial score (nSPS) is 15.5. The van der Waals surface area contributed by atoms with E-state index in [0.29, 0.717) is 0 Å². The van der Waals surface area contributed by atoms with Crippen LogP contribution in [0.4, 0.5) is 0 Å². The topological polar surface area (TPSA) is 29.9 Å². The minimum atomic E-state index is 0.759. The van der Waals surface area contributed by atoms with Gasteiger partial charge in [-0.2, -0.15) is 0 Å². The van der Waals surface area contributed by atoms with Crippen LogP contribution in [0.1, 0.15) is 25.6 Å². The highest BCUT2D eigenvalue weighted by molar-refractivity contribution is 5.03. The van der Waals surface area contributed by atoms with Crippen LogP contribution in [0.3, 0.4) is 0 Å². The lowest BCUT2D eigenvalue weighted by atomic mass is 10.3. The number of hydrogen-bond acceptors (Lipinski definition) is 2. The van der Waals surface area contributed by atoms with Gasteiger partial charge in [0.25, 0.3) is 0 Å². The van der Waals surface area contributed by atoms with Gasteiger partial charge in [-0.25, -0.2) is 4.98 Å². The Hall–Kier alpha value is -1.09. The molecule has 0 unspecified atom stereocenters. The molecule has 0 spiro atoms. The van der Waals surface area contributed by atoms with Gasteiger partial charge in [0, 0.05) is 37.9 Å². The van der Waals surface area contributed by atoms with Gasteiger partial charge in [0.2, 0.25) is 0 Å². The zero-order valence-corrected chi connectivity index (χ0v) is 9.37. The van der Waals surface area contributed by atoms with E-state index in [1.165, 1.54) is 18.4 Å². The Balaban J connectivity index is 1.81. The molecular formula is C12H19N3. The fourth-order valence-electron chi connectivity index (χ4n) is 1.67. The highest BCUT2D eigenvalue weighted by atomic mass is 15.1. The molecule has 3 heteroatoms. The van der Waals surface area contributed by atoms with Crippen LogP contribution in [0.25, 0.3) is 0 Å². The Kier molecular flexibility index (Phi) is 3.21. The summed E-state index contributed by atoms with van der Waals surface area (Å²) >= 11 is 0. The van der Waals surface area contributed by atoms with Gasteiger partial charge in [0.05, 0.1) is 0 Å². The Morgan fingerprint density at radius 3 is 3.13 bits per heavy atom. The summed E-state index contributed by atoms with van der Waals surface area (Å²) in [5.74, 6) is 1.14. The first kappa shape index (κ1) is 10.4. The zero-order valence-electron chi connectivity index (χ0n) is 9.37. The average Bonchev–Trinajstić information content (AvgIpc) is 2.96. The number of aryl methyl sites for hydroxylation is 1. The van der Waals surface area contributed by atoms with Gasteiger partial charge in [0.15, 0.2) is 0 Å². The number of rotatable bonds is 6. The molecule has 82 valence electrons. The average molecular weight is 205 g/mol. The second kappa shape index (κ2) is 4.62. The van der Waals surface area contributed by atoms with Crippen molar-refractivity contribution < 1.29 is 0 Å². The summed E-state index contributed by atoms with van der Waals surface area (Å²) in [4.78, 5) is 4.30. The molecule has 1 aliphatic carbocycles. The standard InChI is InChI=1S/C12H19N3/c1-3-12-13-6-7-15(12)9-10(2)8-14-11-4-5-11/h6-7,11,14H,2-5,8-9H2,1H3. The monoisotopic (exact) mass is 205 g/mol. The molecular weight excluding hydrogens is 186 g/mol. The first-order valence-corrected chi connectivity index (χ1v) is 5.69. The molecule has 1 aromatic heterocycles. The second-order valence-electron chi connectivity index (χ2n) is 4.23. The highest BCUT2D eigenvalue weighted by Crippen LogP contribution is 2.18. The molecule has 0 radical (unpaired) electrons. The second-order valence-corrected chi connectivity index (χ2v) is 4.23. The fourth-order valence-corrected chi connectivity index (χ4v) is 1.67. The van der Waals surface area contributed by atoms with Gasteiger partial charge < -0.3 is 9.88 Å². The van der Waals surface area contributed by atoms with Gasteiger partial charge in [-0.05, 0) is 18.4 Å². The minimum absolute atomic E-state index is 0.759. The van der Waals surface area contributed by atoms with Crippen LogP contribution in [0.15, 0.2) is 24.5 Å². The summed E-state index contributed by atoms with van der Waals surface area (Å²) < 4.78 is 2.18. The minimum Gasteiger partial charge on any atom is -0.331 e. The van der Waals surface area contributed by atoms with E-state index >= 15 is 0 Å². The van der Waals surface area contributed by atoms with Crippen molar-refractivity contribution in [2.24, 2.45) is 0 Å². The predicted molar refractivity (Wildman–Crippen MR) is 61.8 cm³/mol. The van der Waals surface area contributed by atoms with Gasteiger partial charge in [0.1, 0.15) is 5.82 Å². The molecule has 15 heavy (non-hydrogen) atoms. The molecule has 3 nitrogen and oxygen atoms in total. The van der Waals surface area contributed by atoms with Crippen molar-refractivity contribution in [2.45, 2.75) is 38.8 Å². The number of imidazole rings is 1. The molecule has 0 saturated heterocycles. The molecule has 1 aromatic rings. The molecule has 2 rings (SSSR count). The Morgan fingerprint density at radius 2 is 2.47 bits per heavy atom. The molecule has 0 aromatic carbocycles. The SMILES string of the molecule is C=C(CNC1CC1)Cn1ccnc1CC. The Labute approximate surface area is 91.2 Å². The van der Waals surface area contributed by atoms with Crippen molar-refractivity contribution in [1.82, 2.24) is 14.9 Å². The van der Waals surface area contributed by atoms with Gasteiger partial charge in [-0.15, -0.1) is 0 Å². The van der Waals surface area contributed by atoms with Crippen molar-refractivity contribution in [1.29, 1.82) is 0 Å². The van der Waals surface area contributed by atoms with Crippen molar-refractivity contribution >= 4 is 0 Å². The summed E-state index contributed by atoms with van der Waals surface area (Å²) in [5, 5.41) is 3.47. The lowest BCUT2D eigenvalue weighted by Gasteiger charge is -2.09. The molecule has 0 aliphatic heterocycles. The number of hydrogen-bond donors (Lipinski definition) is 1. The molecule has 0 atom stereocenters. The molecule has 1 saturated carbocycles. The van der Waals surface area contributed by atoms with Crippen molar-refractivity contribution in [2.75, 3.05) is 6.54 Å².